The lowest BCUT2D eigenvalue weighted by Gasteiger charge is -2.12. The van der Waals surface area contributed by atoms with Gasteiger partial charge in [0.1, 0.15) is 0 Å². The third-order valence-corrected chi connectivity index (χ3v) is 6.66. The third kappa shape index (κ3) is 8.54. The van der Waals surface area contributed by atoms with E-state index in [0.29, 0.717) is 44.3 Å². The summed E-state index contributed by atoms with van der Waals surface area (Å²) in [5.74, 6) is -2.35. The second-order valence-corrected chi connectivity index (χ2v) is 9.63. The first-order valence-corrected chi connectivity index (χ1v) is 13.4. The Bertz CT molecular complexity index is 1510. The summed E-state index contributed by atoms with van der Waals surface area (Å²) in [6.07, 6.45) is 5.68. The van der Waals surface area contributed by atoms with Crippen molar-refractivity contribution in [2.45, 2.75) is 45.1 Å². The first kappa shape index (κ1) is 31.1. The summed E-state index contributed by atoms with van der Waals surface area (Å²) >= 11 is 0. The zero-order valence-corrected chi connectivity index (χ0v) is 23.2. The molecule has 1 heterocycles. The number of hydrogen-bond donors (Lipinski definition) is 3. The fraction of sp³-hybridized carbons (Fsp3) is 0.273. The van der Waals surface area contributed by atoms with Crippen molar-refractivity contribution in [3.8, 4) is 0 Å². The van der Waals surface area contributed by atoms with Crippen molar-refractivity contribution in [2.75, 3.05) is 13.2 Å². The molecule has 0 spiro atoms. The van der Waals surface area contributed by atoms with Crippen LogP contribution in [0.4, 0.5) is 0 Å². The second-order valence-electron chi connectivity index (χ2n) is 9.63. The molecular formula is C33H35NO7. The molecule has 0 radical (unpaired) electrons. The van der Waals surface area contributed by atoms with Crippen LogP contribution >= 0.6 is 0 Å². The first-order chi connectivity index (χ1) is 19.7. The highest BCUT2D eigenvalue weighted by atomic mass is 16.6. The zero-order chi connectivity index (χ0) is 29.9. The Morgan fingerprint density at radius 3 is 2.39 bits per heavy atom. The van der Waals surface area contributed by atoms with E-state index in [1.807, 2.05) is 49.4 Å². The lowest BCUT2D eigenvalue weighted by molar-refractivity contribution is -0.154. The standard InChI is InChI=1S/C27H25NO4.C6H10O3/c1-3-18(27(30)32-26(29)17(2)11-12-22-16-31-22)13-20-8-6-9-21-14-19-7-4-5-10-23(19)24(15-28)25(20)21;1-5(6(8)9)3-2-4-7/h4-10,13-15,22,28H,2-3,11-12,16H2,1H3;7H,1-4H2,(H,8,9). The van der Waals surface area contributed by atoms with Gasteiger partial charge in [0, 0.05) is 35.1 Å². The maximum absolute atomic E-state index is 12.7. The predicted octanol–water partition coefficient (Wildman–Crippen LogP) is 5.99. The van der Waals surface area contributed by atoms with E-state index in [2.05, 4.69) is 19.2 Å². The summed E-state index contributed by atoms with van der Waals surface area (Å²) in [5.41, 5.74) is 2.41. The number of benzene rings is 3. The molecule has 8 heteroatoms. The van der Waals surface area contributed by atoms with Crippen LogP contribution in [0.5, 0.6) is 0 Å². The minimum absolute atomic E-state index is 0.0201. The second kappa shape index (κ2) is 14.8. The van der Waals surface area contributed by atoms with Crippen molar-refractivity contribution in [1.82, 2.24) is 0 Å². The number of esters is 2. The molecule has 1 saturated heterocycles. The minimum atomic E-state index is -0.983. The van der Waals surface area contributed by atoms with Gasteiger partial charge in [-0.25, -0.2) is 14.4 Å². The molecular weight excluding hydrogens is 522 g/mol. The van der Waals surface area contributed by atoms with Crippen molar-refractivity contribution in [2.24, 2.45) is 0 Å². The van der Waals surface area contributed by atoms with Crippen LogP contribution in [0.2, 0.25) is 0 Å². The molecule has 3 aromatic carbocycles. The molecule has 1 fully saturated rings. The number of nitrogens with one attached hydrogen (secondary N) is 1. The SMILES string of the molecule is C=C(CCC1CO1)C(=O)OC(=O)C(=Cc1cccc2cc3ccccc3c(C=N)c12)CC.C=C(CCCO)C(=O)O. The van der Waals surface area contributed by atoms with E-state index in [4.69, 9.17) is 25.1 Å². The van der Waals surface area contributed by atoms with E-state index in [1.54, 1.807) is 6.08 Å². The molecule has 3 N–H and O–H groups in total. The van der Waals surface area contributed by atoms with Gasteiger partial charge in [0.25, 0.3) is 0 Å². The highest BCUT2D eigenvalue weighted by Crippen LogP contribution is 2.31. The Morgan fingerprint density at radius 1 is 1.05 bits per heavy atom. The number of fused-ring (bicyclic) bond motifs is 2. The fourth-order valence-electron chi connectivity index (χ4n) is 4.25. The number of hydrogen-bond acceptors (Lipinski definition) is 7. The quantitative estimate of drug-likeness (QED) is 0.0621. The van der Waals surface area contributed by atoms with E-state index in [-0.39, 0.29) is 23.9 Å². The summed E-state index contributed by atoms with van der Waals surface area (Å²) in [4.78, 5) is 35.0. The van der Waals surface area contributed by atoms with E-state index in [1.165, 1.54) is 6.21 Å². The topological polar surface area (TPSA) is 137 Å². The molecule has 0 amide bonds. The van der Waals surface area contributed by atoms with Gasteiger partial charge in [0.05, 0.1) is 12.7 Å². The number of epoxide rings is 1. The molecule has 0 aliphatic carbocycles. The molecule has 0 bridgehead atoms. The number of aliphatic hydroxyl groups excluding tert-OH is 1. The minimum Gasteiger partial charge on any atom is -0.478 e. The molecule has 1 aliphatic rings. The Labute approximate surface area is 239 Å². The number of carboxylic acid groups (broad SMARTS) is 1. The van der Waals surface area contributed by atoms with E-state index in [0.717, 1.165) is 32.7 Å². The fourth-order valence-corrected chi connectivity index (χ4v) is 4.25. The van der Waals surface area contributed by atoms with Gasteiger partial charge in [-0.05, 0) is 71.4 Å². The van der Waals surface area contributed by atoms with Crippen LogP contribution in [0.3, 0.4) is 0 Å². The number of carbonyl (C=O) groups excluding carboxylic acids is 2. The third-order valence-electron chi connectivity index (χ3n) is 6.66. The van der Waals surface area contributed by atoms with Gasteiger partial charge in [-0.15, -0.1) is 0 Å². The summed E-state index contributed by atoms with van der Waals surface area (Å²) in [6, 6.07) is 15.8. The molecule has 3 aromatic rings. The molecule has 1 aliphatic heterocycles. The van der Waals surface area contributed by atoms with Crippen LogP contribution in [0.15, 0.2) is 78.4 Å². The number of carboxylic acids is 1. The Morgan fingerprint density at radius 2 is 1.76 bits per heavy atom. The van der Waals surface area contributed by atoms with Crippen molar-refractivity contribution < 1.29 is 34.1 Å². The maximum Gasteiger partial charge on any atom is 0.341 e. The van der Waals surface area contributed by atoms with Gasteiger partial charge in [-0.1, -0.05) is 62.5 Å². The molecule has 8 nitrogen and oxygen atoms in total. The van der Waals surface area contributed by atoms with Crippen LogP contribution in [0, 0.1) is 5.41 Å². The van der Waals surface area contributed by atoms with Gasteiger partial charge in [-0.2, -0.15) is 0 Å². The predicted molar refractivity (Wildman–Crippen MR) is 160 cm³/mol. The molecule has 0 aromatic heterocycles. The Kier molecular flexibility index (Phi) is 11.3. The average molecular weight is 558 g/mol. The summed E-state index contributed by atoms with van der Waals surface area (Å²) in [7, 11) is 0. The number of ether oxygens (including phenoxy) is 2. The maximum atomic E-state index is 12.7. The average Bonchev–Trinajstić information content (AvgIpc) is 3.81. The van der Waals surface area contributed by atoms with Crippen LogP contribution in [-0.4, -0.2) is 53.7 Å². The Balaban J connectivity index is 0.000000445. The van der Waals surface area contributed by atoms with Crippen molar-refractivity contribution in [1.29, 1.82) is 5.41 Å². The molecule has 1 unspecified atom stereocenters. The number of rotatable bonds is 12. The Hall–Kier alpha value is -4.40. The molecule has 0 saturated carbocycles. The number of aliphatic hydroxyl groups is 1. The van der Waals surface area contributed by atoms with Gasteiger partial charge in [-0.3, -0.25) is 0 Å². The van der Waals surface area contributed by atoms with E-state index in [9.17, 15) is 14.4 Å². The highest BCUT2D eigenvalue weighted by Gasteiger charge is 2.24. The lowest BCUT2D eigenvalue weighted by Crippen LogP contribution is -2.16. The molecule has 4 rings (SSSR count). The van der Waals surface area contributed by atoms with Crippen LogP contribution < -0.4 is 0 Å². The van der Waals surface area contributed by atoms with Gasteiger partial charge in [0.15, 0.2) is 0 Å². The summed E-state index contributed by atoms with van der Waals surface area (Å²) in [5, 5.41) is 28.4. The summed E-state index contributed by atoms with van der Waals surface area (Å²) in [6.45, 7) is 9.60. The van der Waals surface area contributed by atoms with Gasteiger partial charge in [0.2, 0.25) is 0 Å². The largest absolute Gasteiger partial charge is 0.478 e. The van der Waals surface area contributed by atoms with Crippen molar-refractivity contribution >= 4 is 51.7 Å². The molecule has 41 heavy (non-hydrogen) atoms. The first-order valence-electron chi connectivity index (χ1n) is 13.4. The molecule has 214 valence electrons. The smallest absolute Gasteiger partial charge is 0.341 e. The van der Waals surface area contributed by atoms with Gasteiger partial charge < -0.3 is 25.1 Å². The van der Waals surface area contributed by atoms with Crippen LogP contribution in [0.25, 0.3) is 27.6 Å². The van der Waals surface area contributed by atoms with Crippen LogP contribution in [0.1, 0.15) is 50.2 Å². The highest BCUT2D eigenvalue weighted by molar-refractivity contribution is 6.15. The van der Waals surface area contributed by atoms with E-state index >= 15 is 0 Å². The monoisotopic (exact) mass is 557 g/mol. The number of aliphatic carboxylic acids is 1. The van der Waals surface area contributed by atoms with Crippen molar-refractivity contribution in [3.05, 3.63) is 89.5 Å². The van der Waals surface area contributed by atoms with E-state index < -0.39 is 17.9 Å². The van der Waals surface area contributed by atoms with Gasteiger partial charge >= 0.3 is 17.9 Å². The van der Waals surface area contributed by atoms with Crippen LogP contribution in [-0.2, 0) is 23.9 Å². The zero-order valence-electron chi connectivity index (χ0n) is 23.2. The molecule has 1 atom stereocenters. The van der Waals surface area contributed by atoms with Crippen molar-refractivity contribution in [3.63, 3.8) is 0 Å². The number of carbonyl (C=O) groups is 3. The normalized spacial score (nSPS) is 14.1. The summed E-state index contributed by atoms with van der Waals surface area (Å²) < 4.78 is 10.2. The lowest BCUT2D eigenvalue weighted by atomic mass is 9.93.